The van der Waals surface area contributed by atoms with E-state index in [2.05, 4.69) is 19.1 Å². The third-order valence-electron chi connectivity index (χ3n) is 0.940. The summed E-state index contributed by atoms with van der Waals surface area (Å²) in [6.45, 7) is 10.1. The Hall–Kier alpha value is -0.820. The van der Waals surface area contributed by atoms with Crippen molar-refractivity contribution < 1.29 is 0 Å². The predicted octanol–water partition coefficient (Wildman–Crippen LogP) is 4.21. The van der Waals surface area contributed by atoms with Crippen LogP contribution in [0.4, 0.5) is 0 Å². The van der Waals surface area contributed by atoms with Crippen molar-refractivity contribution in [3.05, 3.63) is 35.9 Å². The molecule has 0 atom stereocenters. The molecule has 1 aromatic rings. The summed E-state index contributed by atoms with van der Waals surface area (Å²) < 4.78 is 0. The van der Waals surface area contributed by atoms with Gasteiger partial charge in [0, 0.05) is 0 Å². The summed E-state index contributed by atoms with van der Waals surface area (Å²) in [6, 6.07) is 10.3. The largest absolute Gasteiger partial charge is 0.344 e. The Morgan fingerprint density at radius 1 is 0.750 bits per heavy atom. The van der Waals surface area contributed by atoms with Crippen LogP contribution in [0.15, 0.2) is 30.3 Å². The highest BCUT2D eigenvalue weighted by Gasteiger charge is 1.72. The van der Waals surface area contributed by atoms with Crippen LogP contribution in [0.25, 0.3) is 0 Å². The number of aryl methyl sites for hydroxylation is 1. The summed E-state index contributed by atoms with van der Waals surface area (Å²) in [5, 5.41) is 0. The van der Waals surface area contributed by atoms with Crippen molar-refractivity contribution in [2.75, 3.05) is 0 Å². The standard InChI is InChI=1S/C7H8.2C2H6.H3N/c1-7-5-3-2-4-6-7;2*1-2;/h2-6H,1H3;2*1-2H3;1H3. The fourth-order valence-corrected chi connectivity index (χ4v) is 0.534. The van der Waals surface area contributed by atoms with Crippen molar-refractivity contribution in [1.29, 1.82) is 0 Å². The predicted molar refractivity (Wildman–Crippen MR) is 58.9 cm³/mol. The molecule has 0 fully saturated rings. The lowest BCUT2D eigenvalue weighted by Gasteiger charge is -1.82. The van der Waals surface area contributed by atoms with Crippen molar-refractivity contribution in [1.82, 2.24) is 6.15 Å². The van der Waals surface area contributed by atoms with E-state index in [0.29, 0.717) is 0 Å². The first-order valence-corrected chi connectivity index (χ1v) is 4.41. The van der Waals surface area contributed by atoms with Gasteiger partial charge in [-0.15, -0.1) is 0 Å². The van der Waals surface area contributed by atoms with Gasteiger partial charge in [-0.2, -0.15) is 0 Å². The summed E-state index contributed by atoms with van der Waals surface area (Å²) in [5.74, 6) is 0. The minimum Gasteiger partial charge on any atom is -0.344 e. The second-order valence-corrected chi connectivity index (χ2v) is 1.65. The van der Waals surface area contributed by atoms with E-state index in [1.54, 1.807) is 0 Å². The van der Waals surface area contributed by atoms with Crippen LogP contribution in [0, 0.1) is 6.92 Å². The zero-order valence-corrected chi connectivity index (χ0v) is 9.09. The van der Waals surface area contributed by atoms with Gasteiger partial charge >= 0.3 is 0 Å². The molecule has 0 saturated heterocycles. The van der Waals surface area contributed by atoms with Gasteiger partial charge in [-0.3, -0.25) is 0 Å². The molecule has 0 aliphatic heterocycles. The van der Waals surface area contributed by atoms with Crippen LogP contribution < -0.4 is 6.15 Å². The minimum atomic E-state index is 0. The molecule has 3 N–H and O–H groups in total. The highest BCUT2D eigenvalue weighted by molar-refractivity contribution is 5.11. The fourth-order valence-electron chi connectivity index (χ4n) is 0.534. The maximum Gasteiger partial charge on any atom is -0.0398 e. The molecular formula is C11H23N. The zero-order chi connectivity index (χ0) is 9.11. The Balaban J connectivity index is -0.000000144. The van der Waals surface area contributed by atoms with Gasteiger partial charge in [0.2, 0.25) is 0 Å². The van der Waals surface area contributed by atoms with E-state index in [1.165, 1.54) is 5.56 Å². The molecule has 1 rings (SSSR count). The van der Waals surface area contributed by atoms with Crippen LogP contribution in [-0.4, -0.2) is 0 Å². The second-order valence-electron chi connectivity index (χ2n) is 1.65. The maximum atomic E-state index is 2.08. The lowest BCUT2D eigenvalue weighted by atomic mass is 10.2. The van der Waals surface area contributed by atoms with E-state index >= 15 is 0 Å². The van der Waals surface area contributed by atoms with Gasteiger partial charge in [-0.25, -0.2) is 0 Å². The van der Waals surface area contributed by atoms with Crippen LogP contribution >= 0.6 is 0 Å². The summed E-state index contributed by atoms with van der Waals surface area (Å²) in [5.41, 5.74) is 1.32. The molecular weight excluding hydrogens is 146 g/mol. The average molecular weight is 169 g/mol. The topological polar surface area (TPSA) is 35.0 Å². The Bertz CT molecular complexity index is 135. The number of rotatable bonds is 0. The Morgan fingerprint density at radius 3 is 1.25 bits per heavy atom. The van der Waals surface area contributed by atoms with Crippen molar-refractivity contribution in [2.24, 2.45) is 0 Å². The minimum absolute atomic E-state index is 0. The van der Waals surface area contributed by atoms with Crippen LogP contribution in [0.5, 0.6) is 0 Å². The van der Waals surface area contributed by atoms with Gasteiger partial charge in [0.05, 0.1) is 0 Å². The van der Waals surface area contributed by atoms with E-state index in [-0.39, 0.29) is 6.15 Å². The van der Waals surface area contributed by atoms with E-state index in [9.17, 15) is 0 Å². The molecule has 0 aromatic heterocycles. The molecule has 1 aromatic carbocycles. The molecule has 0 unspecified atom stereocenters. The molecule has 0 aliphatic rings. The van der Waals surface area contributed by atoms with Crippen LogP contribution in [0.3, 0.4) is 0 Å². The SMILES string of the molecule is CC.CC.Cc1ccccc1.N. The van der Waals surface area contributed by atoms with Crippen molar-refractivity contribution in [3.63, 3.8) is 0 Å². The van der Waals surface area contributed by atoms with Crippen molar-refractivity contribution >= 4 is 0 Å². The zero-order valence-electron chi connectivity index (χ0n) is 9.09. The first-order valence-electron chi connectivity index (χ1n) is 4.41. The van der Waals surface area contributed by atoms with Gasteiger partial charge in [0.25, 0.3) is 0 Å². The molecule has 12 heavy (non-hydrogen) atoms. The summed E-state index contributed by atoms with van der Waals surface area (Å²) in [7, 11) is 0. The lowest BCUT2D eigenvalue weighted by molar-refractivity contribution is 1.48. The number of hydrogen-bond donors (Lipinski definition) is 1. The quantitative estimate of drug-likeness (QED) is 0.620. The van der Waals surface area contributed by atoms with Crippen LogP contribution in [0.2, 0.25) is 0 Å². The first-order chi connectivity index (χ1) is 5.39. The molecule has 0 heterocycles. The lowest BCUT2D eigenvalue weighted by Crippen LogP contribution is -1.62. The van der Waals surface area contributed by atoms with Gasteiger partial charge < -0.3 is 6.15 Å². The Labute approximate surface area is 77.4 Å². The monoisotopic (exact) mass is 169 g/mol. The third-order valence-corrected chi connectivity index (χ3v) is 0.940. The maximum absolute atomic E-state index is 2.08. The van der Waals surface area contributed by atoms with Gasteiger partial charge in [0.15, 0.2) is 0 Å². The molecule has 0 aliphatic carbocycles. The second kappa shape index (κ2) is 16.6. The van der Waals surface area contributed by atoms with Gasteiger partial charge in [-0.05, 0) is 6.92 Å². The highest BCUT2D eigenvalue weighted by atomic mass is 14.0. The van der Waals surface area contributed by atoms with E-state index < -0.39 is 0 Å². The van der Waals surface area contributed by atoms with Gasteiger partial charge in [0.1, 0.15) is 0 Å². The Morgan fingerprint density at radius 2 is 1.08 bits per heavy atom. The first kappa shape index (κ1) is 17.3. The van der Waals surface area contributed by atoms with E-state index in [1.807, 2.05) is 45.9 Å². The highest BCUT2D eigenvalue weighted by Crippen LogP contribution is 1.92. The van der Waals surface area contributed by atoms with E-state index in [0.717, 1.165) is 0 Å². The molecule has 0 spiro atoms. The summed E-state index contributed by atoms with van der Waals surface area (Å²) in [6.07, 6.45) is 0. The third kappa shape index (κ3) is 11.9. The summed E-state index contributed by atoms with van der Waals surface area (Å²) in [4.78, 5) is 0. The molecule has 1 nitrogen and oxygen atoms in total. The van der Waals surface area contributed by atoms with Gasteiger partial charge in [-0.1, -0.05) is 63.6 Å². The van der Waals surface area contributed by atoms with Crippen LogP contribution in [0.1, 0.15) is 33.3 Å². The fraction of sp³-hybridized carbons (Fsp3) is 0.455. The molecule has 1 heteroatoms. The normalized spacial score (nSPS) is 6.08. The van der Waals surface area contributed by atoms with E-state index in [4.69, 9.17) is 0 Å². The Kier molecular flexibility index (Phi) is 24.0. The number of benzene rings is 1. The molecule has 0 amide bonds. The average Bonchev–Trinajstić information content (AvgIpc) is 2.13. The smallest absolute Gasteiger partial charge is 0.0398 e. The van der Waals surface area contributed by atoms with Crippen LogP contribution in [-0.2, 0) is 0 Å². The number of hydrogen-bond acceptors (Lipinski definition) is 1. The van der Waals surface area contributed by atoms with Crippen molar-refractivity contribution in [3.8, 4) is 0 Å². The molecule has 0 radical (unpaired) electrons. The molecule has 0 saturated carbocycles. The summed E-state index contributed by atoms with van der Waals surface area (Å²) >= 11 is 0. The van der Waals surface area contributed by atoms with Crippen molar-refractivity contribution in [2.45, 2.75) is 34.6 Å². The molecule has 72 valence electrons. The molecule has 0 bridgehead atoms.